The molecule has 1 aromatic heterocycles. The van der Waals surface area contributed by atoms with Crippen molar-refractivity contribution < 1.29 is 18.3 Å². The Morgan fingerprint density at radius 3 is 2.86 bits per heavy atom. The lowest BCUT2D eigenvalue weighted by molar-refractivity contribution is -0.137. The molecule has 1 aliphatic carbocycles. The minimum Gasteiger partial charge on any atom is -0.481 e. The molecule has 8 nitrogen and oxygen atoms in total. The summed E-state index contributed by atoms with van der Waals surface area (Å²) in [5, 5.41) is 21.1. The number of aliphatic carboxylic acids is 1. The molecule has 1 saturated carbocycles. The molecule has 1 aromatic rings. The highest BCUT2D eigenvalue weighted by molar-refractivity contribution is 7.89. The second-order valence-corrected chi connectivity index (χ2v) is 6.73. The molecule has 21 heavy (non-hydrogen) atoms. The van der Waals surface area contributed by atoms with Gasteiger partial charge in [0.05, 0.1) is 25.2 Å². The van der Waals surface area contributed by atoms with Gasteiger partial charge in [0, 0.05) is 25.2 Å². The summed E-state index contributed by atoms with van der Waals surface area (Å²) in [6.45, 7) is 0.288. The lowest BCUT2D eigenvalue weighted by Crippen LogP contribution is -2.33. The lowest BCUT2D eigenvalue weighted by atomic mass is 10.4. The second kappa shape index (κ2) is 6.24. The molecule has 1 heterocycles. The van der Waals surface area contributed by atoms with Crippen molar-refractivity contribution >= 4 is 16.0 Å². The Morgan fingerprint density at radius 2 is 2.29 bits per heavy atom. The molecule has 1 fully saturated rings. The Morgan fingerprint density at radius 1 is 1.57 bits per heavy atom. The first-order valence-electron chi connectivity index (χ1n) is 6.58. The van der Waals surface area contributed by atoms with E-state index in [0.29, 0.717) is 0 Å². The van der Waals surface area contributed by atoms with Crippen molar-refractivity contribution in [3.63, 3.8) is 0 Å². The summed E-state index contributed by atoms with van der Waals surface area (Å²) in [4.78, 5) is 10.5. The summed E-state index contributed by atoms with van der Waals surface area (Å²) in [5.41, 5.74) is 0. The average molecular weight is 312 g/mol. The van der Waals surface area contributed by atoms with E-state index in [1.807, 2.05) is 6.07 Å². The van der Waals surface area contributed by atoms with E-state index < -0.39 is 16.0 Å². The summed E-state index contributed by atoms with van der Waals surface area (Å²) in [7, 11) is -3.68. The molecule has 0 unspecified atom stereocenters. The van der Waals surface area contributed by atoms with E-state index in [0.717, 1.165) is 12.8 Å². The third-order valence-corrected chi connectivity index (χ3v) is 5.07. The van der Waals surface area contributed by atoms with Crippen LogP contribution in [-0.4, -0.2) is 46.2 Å². The van der Waals surface area contributed by atoms with E-state index in [1.165, 1.54) is 21.4 Å². The van der Waals surface area contributed by atoms with Crippen molar-refractivity contribution in [3.8, 4) is 6.07 Å². The van der Waals surface area contributed by atoms with Crippen molar-refractivity contribution in [1.82, 2.24) is 14.1 Å². The molecule has 0 atom stereocenters. The molecule has 9 heteroatoms. The number of sulfonamides is 1. The number of rotatable bonds is 8. The predicted molar refractivity (Wildman–Crippen MR) is 71.6 cm³/mol. The zero-order valence-corrected chi connectivity index (χ0v) is 12.2. The number of carboxylic acid groups (broad SMARTS) is 1. The largest absolute Gasteiger partial charge is 0.481 e. The van der Waals surface area contributed by atoms with Crippen LogP contribution in [0.2, 0.25) is 0 Å². The maximum absolute atomic E-state index is 12.5. The van der Waals surface area contributed by atoms with Crippen LogP contribution in [0.4, 0.5) is 0 Å². The molecule has 0 amide bonds. The normalized spacial score (nSPS) is 15.0. The molecule has 1 N–H and O–H groups in total. The van der Waals surface area contributed by atoms with Gasteiger partial charge < -0.3 is 5.11 Å². The van der Waals surface area contributed by atoms with Gasteiger partial charge in [-0.25, -0.2) is 8.42 Å². The van der Waals surface area contributed by atoms with Crippen molar-refractivity contribution in [1.29, 1.82) is 5.26 Å². The Hall–Kier alpha value is -1.92. The number of nitriles is 1. The number of carbonyl (C=O) groups is 1. The average Bonchev–Trinajstić information content (AvgIpc) is 3.13. The molecule has 0 aliphatic heterocycles. The van der Waals surface area contributed by atoms with Gasteiger partial charge in [-0.15, -0.1) is 0 Å². The minimum atomic E-state index is -3.68. The molecule has 2 rings (SSSR count). The Bertz CT molecular complexity index is 657. The smallest absolute Gasteiger partial charge is 0.305 e. The maximum Gasteiger partial charge on any atom is 0.305 e. The minimum absolute atomic E-state index is 0.0364. The van der Waals surface area contributed by atoms with Gasteiger partial charge in [0.15, 0.2) is 0 Å². The number of aromatic nitrogens is 2. The van der Waals surface area contributed by atoms with Gasteiger partial charge in [-0.05, 0) is 12.8 Å². The van der Waals surface area contributed by atoms with Crippen LogP contribution < -0.4 is 0 Å². The third-order valence-electron chi connectivity index (χ3n) is 3.17. The highest BCUT2D eigenvalue weighted by Gasteiger charge is 2.38. The molecule has 0 radical (unpaired) electrons. The SMILES string of the molecule is N#CCCN(C1CC1)S(=O)(=O)c1cnn(CCC(=O)O)c1. The number of aryl methyl sites for hydroxylation is 1. The maximum atomic E-state index is 12.5. The highest BCUT2D eigenvalue weighted by Crippen LogP contribution is 2.31. The van der Waals surface area contributed by atoms with Crippen LogP contribution in [0.3, 0.4) is 0 Å². The fourth-order valence-electron chi connectivity index (χ4n) is 1.97. The summed E-state index contributed by atoms with van der Waals surface area (Å²) in [6.07, 6.45) is 4.18. The van der Waals surface area contributed by atoms with Gasteiger partial charge in [-0.1, -0.05) is 0 Å². The quantitative estimate of drug-likeness (QED) is 0.743. The van der Waals surface area contributed by atoms with Gasteiger partial charge in [0.25, 0.3) is 0 Å². The molecule has 0 aromatic carbocycles. The standard InChI is InChI=1S/C12H16N4O4S/c13-5-1-6-16(10-2-3-10)21(19,20)11-8-14-15(9-11)7-4-12(17)18/h8-10H,1-4,6-7H2,(H,17,18). The van der Waals surface area contributed by atoms with Crippen LogP contribution in [0.1, 0.15) is 25.7 Å². The van der Waals surface area contributed by atoms with Crippen LogP contribution in [0.5, 0.6) is 0 Å². The first kappa shape index (κ1) is 15.5. The number of nitrogens with zero attached hydrogens (tertiary/aromatic N) is 4. The lowest BCUT2D eigenvalue weighted by Gasteiger charge is -2.19. The molecule has 0 bridgehead atoms. The molecule has 0 spiro atoms. The van der Waals surface area contributed by atoms with E-state index in [4.69, 9.17) is 10.4 Å². The third kappa shape index (κ3) is 3.80. The van der Waals surface area contributed by atoms with Crippen molar-refractivity contribution in [2.75, 3.05) is 6.54 Å². The van der Waals surface area contributed by atoms with Crippen LogP contribution in [-0.2, 0) is 21.4 Å². The number of carboxylic acids is 1. The van der Waals surface area contributed by atoms with Gasteiger partial charge in [0.1, 0.15) is 4.90 Å². The second-order valence-electron chi connectivity index (χ2n) is 4.84. The van der Waals surface area contributed by atoms with Gasteiger partial charge in [0.2, 0.25) is 10.0 Å². The Kier molecular flexibility index (Phi) is 4.59. The first-order chi connectivity index (χ1) is 9.95. The van der Waals surface area contributed by atoms with Crippen molar-refractivity contribution in [2.24, 2.45) is 0 Å². The van der Waals surface area contributed by atoms with Crippen LogP contribution in [0.25, 0.3) is 0 Å². The van der Waals surface area contributed by atoms with E-state index >= 15 is 0 Å². The molecule has 0 saturated heterocycles. The van der Waals surface area contributed by atoms with Gasteiger partial charge in [-0.2, -0.15) is 14.7 Å². The van der Waals surface area contributed by atoms with E-state index in [2.05, 4.69) is 5.10 Å². The van der Waals surface area contributed by atoms with Crippen LogP contribution >= 0.6 is 0 Å². The molecular formula is C12H16N4O4S. The number of hydrogen-bond acceptors (Lipinski definition) is 5. The fraction of sp³-hybridized carbons (Fsp3) is 0.583. The van der Waals surface area contributed by atoms with Crippen molar-refractivity contribution in [2.45, 2.75) is 43.2 Å². The van der Waals surface area contributed by atoms with E-state index in [1.54, 1.807) is 0 Å². The van der Waals surface area contributed by atoms with Crippen molar-refractivity contribution in [3.05, 3.63) is 12.4 Å². The molecule has 1 aliphatic rings. The van der Waals surface area contributed by atoms with Gasteiger partial charge >= 0.3 is 5.97 Å². The first-order valence-corrected chi connectivity index (χ1v) is 8.02. The zero-order valence-electron chi connectivity index (χ0n) is 11.3. The summed E-state index contributed by atoms with van der Waals surface area (Å²) >= 11 is 0. The summed E-state index contributed by atoms with van der Waals surface area (Å²) in [6, 6.07) is 1.91. The Labute approximate surface area is 122 Å². The van der Waals surface area contributed by atoms with E-state index in [9.17, 15) is 13.2 Å². The fourth-order valence-corrected chi connectivity index (χ4v) is 3.61. The monoisotopic (exact) mass is 312 g/mol. The predicted octanol–water partition coefficient (Wildman–Crippen LogP) is 0.425. The topological polar surface area (TPSA) is 116 Å². The van der Waals surface area contributed by atoms with Gasteiger partial charge in [-0.3, -0.25) is 9.48 Å². The summed E-state index contributed by atoms with van der Waals surface area (Å²) < 4.78 is 27.7. The summed E-state index contributed by atoms with van der Waals surface area (Å²) in [5.74, 6) is -0.969. The zero-order chi connectivity index (χ0) is 15.5. The van der Waals surface area contributed by atoms with Crippen LogP contribution in [0, 0.1) is 11.3 Å². The van der Waals surface area contributed by atoms with Crippen LogP contribution in [0.15, 0.2) is 17.3 Å². The molecular weight excluding hydrogens is 296 g/mol. The van der Waals surface area contributed by atoms with E-state index in [-0.39, 0.29) is 36.9 Å². The Balaban J connectivity index is 2.14. The molecule has 114 valence electrons. The number of hydrogen-bond donors (Lipinski definition) is 1. The highest BCUT2D eigenvalue weighted by atomic mass is 32.2.